The maximum atomic E-state index is 6.07. The van der Waals surface area contributed by atoms with Crippen molar-refractivity contribution < 1.29 is 0 Å². The molecule has 98 valence electrons. The van der Waals surface area contributed by atoms with Crippen LogP contribution < -0.4 is 11.1 Å². The fourth-order valence-corrected chi connectivity index (χ4v) is 2.10. The van der Waals surface area contributed by atoms with E-state index in [1.165, 1.54) is 0 Å². The second-order valence-corrected chi connectivity index (χ2v) is 5.33. The number of pyridine rings is 1. The van der Waals surface area contributed by atoms with Gasteiger partial charge in [-0.25, -0.2) is 0 Å². The maximum absolute atomic E-state index is 6.07. The Labute approximate surface area is 130 Å². The molecule has 1 aromatic carbocycles. The van der Waals surface area contributed by atoms with Gasteiger partial charge in [0, 0.05) is 0 Å². The van der Waals surface area contributed by atoms with E-state index >= 15 is 0 Å². The highest BCUT2D eigenvalue weighted by Crippen LogP contribution is 2.33. The molecule has 0 saturated heterocycles. The molecule has 0 bridgehead atoms. The number of halogens is 3. The Morgan fingerprint density at radius 1 is 1.11 bits per heavy atom. The first kappa shape index (κ1) is 14.3. The van der Waals surface area contributed by atoms with Crippen molar-refractivity contribution in [3.05, 3.63) is 51.2 Å². The summed E-state index contributed by atoms with van der Waals surface area (Å²) in [6, 6.07) is 6.73. The summed E-state index contributed by atoms with van der Waals surface area (Å²) in [5.41, 5.74) is 7.40. The lowest BCUT2D eigenvalue weighted by Crippen LogP contribution is -2.11. The van der Waals surface area contributed by atoms with Gasteiger partial charge in [0.25, 0.3) is 0 Å². The lowest BCUT2D eigenvalue weighted by atomic mass is 10.3. The normalized spacial score (nSPS) is 10.3. The van der Waals surface area contributed by atoms with Gasteiger partial charge in [0.15, 0.2) is 0 Å². The number of anilines is 2. The Balaban J connectivity index is 2.26. The van der Waals surface area contributed by atoms with E-state index in [1.807, 2.05) is 0 Å². The summed E-state index contributed by atoms with van der Waals surface area (Å²) in [7, 11) is 0. The summed E-state index contributed by atoms with van der Waals surface area (Å²) in [5.74, 6) is 0. The second-order valence-electron chi connectivity index (χ2n) is 3.67. The first-order valence-electron chi connectivity index (χ1n) is 5.15. The smallest absolute Gasteiger partial charge is 0.122 e. The predicted octanol–water partition coefficient (Wildman–Crippen LogP) is 4.42. The van der Waals surface area contributed by atoms with Crippen LogP contribution in [0.1, 0.15) is 5.69 Å². The van der Waals surface area contributed by atoms with Gasteiger partial charge in [-0.3, -0.25) is 4.98 Å². The molecule has 0 aliphatic rings. The van der Waals surface area contributed by atoms with Gasteiger partial charge in [0.05, 0.1) is 38.3 Å². The van der Waals surface area contributed by atoms with Crippen molar-refractivity contribution in [3.63, 3.8) is 0 Å². The van der Waals surface area contributed by atoms with Crippen LogP contribution in [0.15, 0.2) is 30.5 Å². The fourth-order valence-electron chi connectivity index (χ4n) is 1.39. The fraction of sp³-hybridized carbons (Fsp3) is 0. The highest BCUT2D eigenvalue weighted by molar-refractivity contribution is 7.80. The molecule has 0 radical (unpaired) electrons. The number of hydrogen-bond donors (Lipinski definition) is 2. The van der Waals surface area contributed by atoms with Crippen molar-refractivity contribution in [1.82, 2.24) is 4.98 Å². The molecule has 0 unspecified atom stereocenters. The lowest BCUT2D eigenvalue weighted by Gasteiger charge is -2.10. The number of hydrogen-bond acceptors (Lipinski definition) is 3. The lowest BCUT2D eigenvalue weighted by molar-refractivity contribution is 1.29. The minimum Gasteiger partial charge on any atom is -0.388 e. The van der Waals surface area contributed by atoms with Gasteiger partial charge in [0.2, 0.25) is 0 Å². The van der Waals surface area contributed by atoms with Crippen molar-refractivity contribution in [2.75, 3.05) is 5.32 Å². The zero-order valence-electron chi connectivity index (χ0n) is 9.45. The van der Waals surface area contributed by atoms with Crippen LogP contribution in [0, 0.1) is 0 Å². The van der Waals surface area contributed by atoms with Crippen molar-refractivity contribution in [1.29, 1.82) is 0 Å². The third kappa shape index (κ3) is 3.48. The number of rotatable bonds is 3. The summed E-state index contributed by atoms with van der Waals surface area (Å²) >= 11 is 22.7. The molecular weight excluding hydrogens is 325 g/mol. The second kappa shape index (κ2) is 5.92. The van der Waals surface area contributed by atoms with Gasteiger partial charge in [-0.2, -0.15) is 0 Å². The quantitative estimate of drug-likeness (QED) is 0.645. The molecule has 0 aliphatic heterocycles. The summed E-state index contributed by atoms with van der Waals surface area (Å²) in [5, 5.41) is 4.37. The van der Waals surface area contributed by atoms with Gasteiger partial charge >= 0.3 is 0 Å². The van der Waals surface area contributed by atoms with Crippen molar-refractivity contribution in [2.24, 2.45) is 5.73 Å². The number of nitrogens with zero attached hydrogens (tertiary/aromatic N) is 1. The number of benzene rings is 1. The molecule has 0 atom stereocenters. The first-order chi connectivity index (χ1) is 8.97. The van der Waals surface area contributed by atoms with E-state index in [4.69, 9.17) is 52.8 Å². The van der Waals surface area contributed by atoms with E-state index < -0.39 is 0 Å². The zero-order valence-corrected chi connectivity index (χ0v) is 12.5. The zero-order chi connectivity index (χ0) is 14.0. The van der Waals surface area contributed by atoms with Gasteiger partial charge in [-0.15, -0.1) is 0 Å². The summed E-state index contributed by atoms with van der Waals surface area (Å²) in [4.78, 5) is 4.36. The molecule has 3 nitrogen and oxygen atoms in total. The summed E-state index contributed by atoms with van der Waals surface area (Å²) < 4.78 is 0. The average molecular weight is 333 g/mol. The maximum Gasteiger partial charge on any atom is 0.122 e. The Hall–Kier alpha value is -1.07. The molecule has 0 aliphatic carbocycles. The molecule has 1 heterocycles. The van der Waals surface area contributed by atoms with E-state index in [2.05, 4.69) is 10.3 Å². The van der Waals surface area contributed by atoms with Crippen LogP contribution >= 0.6 is 47.0 Å². The topological polar surface area (TPSA) is 50.9 Å². The third-order valence-electron chi connectivity index (χ3n) is 2.30. The summed E-state index contributed by atoms with van der Waals surface area (Å²) in [6.07, 6.45) is 1.60. The van der Waals surface area contributed by atoms with Crippen LogP contribution in [0.3, 0.4) is 0 Å². The molecule has 0 amide bonds. The Bertz CT molecular complexity index is 629. The number of aromatic nitrogens is 1. The molecule has 0 saturated carbocycles. The third-order valence-corrected chi connectivity index (χ3v) is 3.55. The molecular formula is C12H8Cl3N3S. The Morgan fingerprint density at radius 3 is 2.37 bits per heavy atom. The summed E-state index contributed by atoms with van der Waals surface area (Å²) in [6.45, 7) is 0. The van der Waals surface area contributed by atoms with Gasteiger partial charge in [-0.1, -0.05) is 47.0 Å². The molecule has 1 aromatic heterocycles. The van der Waals surface area contributed by atoms with Crippen LogP contribution in [-0.2, 0) is 0 Å². The number of nitrogens with one attached hydrogen (secondary N) is 1. The van der Waals surface area contributed by atoms with Crippen LogP contribution in [0.2, 0.25) is 15.1 Å². The number of thiocarbonyl (C=S) groups is 1. The van der Waals surface area contributed by atoms with E-state index in [1.54, 1.807) is 30.5 Å². The molecule has 0 spiro atoms. The van der Waals surface area contributed by atoms with E-state index in [0.29, 0.717) is 26.4 Å². The first-order valence-corrected chi connectivity index (χ1v) is 6.69. The van der Waals surface area contributed by atoms with Crippen LogP contribution in [0.5, 0.6) is 0 Å². The van der Waals surface area contributed by atoms with Crippen molar-refractivity contribution >= 4 is 63.4 Å². The van der Waals surface area contributed by atoms with Crippen LogP contribution in [0.4, 0.5) is 11.4 Å². The Morgan fingerprint density at radius 2 is 1.79 bits per heavy atom. The van der Waals surface area contributed by atoms with Crippen molar-refractivity contribution in [3.8, 4) is 0 Å². The minimum absolute atomic E-state index is 0.249. The Kier molecular flexibility index (Phi) is 4.47. The predicted molar refractivity (Wildman–Crippen MR) is 84.9 cm³/mol. The molecule has 19 heavy (non-hydrogen) atoms. The standard InChI is InChI=1S/C12H8Cl3N3S/c13-7-3-9(15)11(4-8(7)14)18-6-1-2-10(12(16)19)17-5-6/h1-5,18H,(H2,16,19). The monoisotopic (exact) mass is 331 g/mol. The van der Waals surface area contributed by atoms with E-state index in [0.717, 1.165) is 5.69 Å². The van der Waals surface area contributed by atoms with Crippen LogP contribution in [-0.4, -0.2) is 9.97 Å². The van der Waals surface area contributed by atoms with Crippen molar-refractivity contribution in [2.45, 2.75) is 0 Å². The SMILES string of the molecule is NC(=S)c1ccc(Nc2cc(Cl)c(Cl)cc2Cl)cn1. The minimum atomic E-state index is 0.249. The molecule has 2 rings (SSSR count). The molecule has 0 fully saturated rings. The largest absolute Gasteiger partial charge is 0.388 e. The van der Waals surface area contributed by atoms with Gasteiger partial charge < -0.3 is 11.1 Å². The van der Waals surface area contributed by atoms with Crippen LogP contribution in [0.25, 0.3) is 0 Å². The molecule has 2 aromatic rings. The van der Waals surface area contributed by atoms with Gasteiger partial charge in [0.1, 0.15) is 4.99 Å². The average Bonchev–Trinajstić information content (AvgIpc) is 2.36. The highest BCUT2D eigenvalue weighted by Gasteiger charge is 2.07. The van der Waals surface area contributed by atoms with E-state index in [9.17, 15) is 0 Å². The molecule has 7 heteroatoms. The number of nitrogens with two attached hydrogens (primary N) is 1. The molecule has 3 N–H and O–H groups in total. The van der Waals surface area contributed by atoms with Gasteiger partial charge in [-0.05, 0) is 24.3 Å². The van der Waals surface area contributed by atoms with E-state index in [-0.39, 0.29) is 4.99 Å². The highest BCUT2D eigenvalue weighted by atomic mass is 35.5.